The smallest absolute Gasteiger partial charge is 0.261 e. The Hall–Kier alpha value is -1.63. The number of aliphatic hydroxyl groups is 1. The Balaban J connectivity index is 1.88. The zero-order chi connectivity index (χ0) is 17.5. The van der Waals surface area contributed by atoms with Crippen molar-refractivity contribution >= 4 is 27.9 Å². The van der Waals surface area contributed by atoms with Crippen LogP contribution < -0.4 is 0 Å². The molecule has 1 aromatic carbocycles. The van der Waals surface area contributed by atoms with Gasteiger partial charge in [-0.25, -0.2) is 4.98 Å². The van der Waals surface area contributed by atoms with E-state index in [0.29, 0.717) is 23.7 Å². The van der Waals surface area contributed by atoms with Gasteiger partial charge in [0.05, 0.1) is 0 Å². The van der Waals surface area contributed by atoms with Crippen LogP contribution in [0.2, 0.25) is 0 Å². The molecule has 1 atom stereocenters. The number of fused-ring (bicyclic) bond motifs is 1. The maximum absolute atomic E-state index is 10.1. The predicted octanol–water partition coefficient (Wildman–Crippen LogP) is 3.23. The van der Waals surface area contributed by atoms with Crippen LogP contribution in [-0.4, -0.2) is 52.0 Å². The highest BCUT2D eigenvalue weighted by Gasteiger charge is 2.15. The Morgan fingerprint density at radius 1 is 1.42 bits per heavy atom. The van der Waals surface area contributed by atoms with E-state index in [-0.39, 0.29) is 17.7 Å². The maximum atomic E-state index is 10.1. The van der Waals surface area contributed by atoms with Gasteiger partial charge in [-0.05, 0) is 38.9 Å². The van der Waals surface area contributed by atoms with Gasteiger partial charge in [0, 0.05) is 12.6 Å². The first-order chi connectivity index (χ1) is 11.5. The lowest BCUT2D eigenvalue weighted by atomic mass is 10.2. The van der Waals surface area contributed by atoms with E-state index >= 15 is 0 Å². The molecule has 0 aliphatic heterocycles. The van der Waals surface area contributed by atoms with Crippen molar-refractivity contribution in [1.82, 2.24) is 9.88 Å². The van der Waals surface area contributed by atoms with Gasteiger partial charge in [-0.15, -0.1) is 0 Å². The van der Waals surface area contributed by atoms with Crippen molar-refractivity contribution < 1.29 is 14.4 Å². The second-order valence-electron chi connectivity index (χ2n) is 5.91. The van der Waals surface area contributed by atoms with E-state index in [1.54, 1.807) is 6.07 Å². The number of benzene rings is 1. The number of rotatable bonds is 9. The number of oxazole rings is 1. The number of nitrogens with zero attached hydrogens (tertiary/aromatic N) is 3. The third-order valence-electron chi connectivity index (χ3n) is 3.57. The van der Waals surface area contributed by atoms with Crippen LogP contribution in [0, 0.1) is 0 Å². The van der Waals surface area contributed by atoms with Crippen molar-refractivity contribution in [2.45, 2.75) is 39.3 Å². The van der Waals surface area contributed by atoms with Gasteiger partial charge in [-0.2, -0.15) is 0 Å². The number of para-hydroxylation sites is 2. The summed E-state index contributed by atoms with van der Waals surface area (Å²) in [6.07, 6.45) is 0.392. The molecule has 2 aromatic rings. The van der Waals surface area contributed by atoms with Crippen molar-refractivity contribution in [1.29, 1.82) is 0 Å². The highest BCUT2D eigenvalue weighted by atomic mass is 35.5. The Morgan fingerprint density at radius 3 is 2.83 bits per heavy atom. The van der Waals surface area contributed by atoms with Gasteiger partial charge < -0.3 is 14.4 Å². The number of aliphatic hydroxyl groups excluding tert-OH is 1. The number of halogens is 1. The molecule has 6 nitrogen and oxygen atoms in total. The third kappa shape index (κ3) is 5.19. The minimum atomic E-state index is -0.643. The summed E-state index contributed by atoms with van der Waals surface area (Å²) >= 11 is 6.04. The molecule has 0 amide bonds. The summed E-state index contributed by atoms with van der Waals surface area (Å²) in [5.41, 5.74) is 1.33. The van der Waals surface area contributed by atoms with E-state index in [4.69, 9.17) is 20.9 Å². The van der Waals surface area contributed by atoms with E-state index in [2.05, 4.69) is 35.8 Å². The highest BCUT2D eigenvalue weighted by molar-refractivity contribution is 6.68. The molecule has 0 aliphatic rings. The highest BCUT2D eigenvalue weighted by Crippen LogP contribution is 2.16. The standard InChI is InChI=1S/C17H24ClN3O3/c1-4-9-21(12(2)3)10-13(22)11-23-20-16(18)17-19-14-7-5-6-8-15(14)24-17/h5-8,12-13,22H,4,9-11H2,1-3H3/b20-16-. The first-order valence-electron chi connectivity index (χ1n) is 8.14. The summed E-state index contributed by atoms with van der Waals surface area (Å²) in [7, 11) is 0. The number of oxime groups is 1. The van der Waals surface area contributed by atoms with Crippen LogP contribution in [0.5, 0.6) is 0 Å². The number of aromatic nitrogens is 1. The average Bonchev–Trinajstić information content (AvgIpc) is 2.98. The molecule has 0 fully saturated rings. The Morgan fingerprint density at radius 2 is 2.17 bits per heavy atom. The summed E-state index contributed by atoms with van der Waals surface area (Å²) in [5, 5.41) is 13.9. The predicted molar refractivity (Wildman–Crippen MR) is 95.4 cm³/mol. The van der Waals surface area contributed by atoms with E-state index in [9.17, 15) is 5.11 Å². The summed E-state index contributed by atoms with van der Waals surface area (Å²) < 4.78 is 5.49. The first kappa shape index (κ1) is 18.7. The largest absolute Gasteiger partial charge is 0.434 e. The number of hydrogen-bond acceptors (Lipinski definition) is 6. The summed E-state index contributed by atoms with van der Waals surface area (Å²) in [6.45, 7) is 7.84. The van der Waals surface area contributed by atoms with Gasteiger partial charge >= 0.3 is 0 Å². The van der Waals surface area contributed by atoms with Crippen LogP contribution in [-0.2, 0) is 4.84 Å². The molecule has 7 heteroatoms. The van der Waals surface area contributed by atoms with Crippen LogP contribution in [0.25, 0.3) is 11.1 Å². The first-order valence-corrected chi connectivity index (χ1v) is 8.52. The zero-order valence-corrected chi connectivity index (χ0v) is 15.0. The summed E-state index contributed by atoms with van der Waals surface area (Å²) in [4.78, 5) is 11.6. The van der Waals surface area contributed by atoms with Crippen molar-refractivity contribution in [3.63, 3.8) is 0 Å². The van der Waals surface area contributed by atoms with Crippen LogP contribution >= 0.6 is 11.6 Å². The van der Waals surface area contributed by atoms with Crippen molar-refractivity contribution in [3.8, 4) is 0 Å². The average molecular weight is 354 g/mol. The normalized spacial score (nSPS) is 13.9. The van der Waals surface area contributed by atoms with E-state index in [1.165, 1.54) is 0 Å². The van der Waals surface area contributed by atoms with Crippen LogP contribution in [0.4, 0.5) is 0 Å². The zero-order valence-electron chi connectivity index (χ0n) is 14.3. The molecule has 1 aromatic heterocycles. The van der Waals surface area contributed by atoms with Gasteiger partial charge in [-0.3, -0.25) is 4.90 Å². The molecule has 1 heterocycles. The fourth-order valence-corrected chi connectivity index (χ4v) is 2.48. The Labute approximate surface area is 147 Å². The molecule has 132 valence electrons. The lowest BCUT2D eigenvalue weighted by molar-refractivity contribution is 0.0135. The van der Waals surface area contributed by atoms with E-state index in [0.717, 1.165) is 13.0 Å². The second kappa shape index (κ2) is 9.01. The van der Waals surface area contributed by atoms with Crippen LogP contribution in [0.3, 0.4) is 0 Å². The minimum Gasteiger partial charge on any atom is -0.434 e. The van der Waals surface area contributed by atoms with Gasteiger partial charge in [-0.1, -0.05) is 35.8 Å². The SMILES string of the molecule is CCCN(CC(O)CO/N=C(\Cl)c1nc2ccccc2o1)C(C)C. The molecule has 0 saturated carbocycles. The van der Waals surface area contributed by atoms with Gasteiger partial charge in [0.15, 0.2) is 5.58 Å². The van der Waals surface area contributed by atoms with Crippen molar-refractivity contribution in [3.05, 3.63) is 30.2 Å². The number of hydrogen-bond donors (Lipinski definition) is 1. The molecule has 1 unspecified atom stereocenters. The van der Waals surface area contributed by atoms with Crippen molar-refractivity contribution in [2.24, 2.45) is 5.16 Å². The molecule has 1 N–H and O–H groups in total. The maximum Gasteiger partial charge on any atom is 0.261 e. The molecule has 24 heavy (non-hydrogen) atoms. The molecular formula is C17H24ClN3O3. The Kier molecular flexibility index (Phi) is 7.02. The quantitative estimate of drug-likeness (QED) is 0.553. The molecule has 0 aliphatic carbocycles. The lowest BCUT2D eigenvalue weighted by Gasteiger charge is -2.27. The summed E-state index contributed by atoms with van der Waals surface area (Å²) in [5.74, 6) is 0.196. The molecular weight excluding hydrogens is 330 g/mol. The van der Waals surface area contributed by atoms with Crippen LogP contribution in [0.15, 0.2) is 33.8 Å². The molecule has 0 spiro atoms. The molecule has 0 radical (unpaired) electrons. The lowest BCUT2D eigenvalue weighted by Crippen LogP contribution is -2.39. The molecule has 0 saturated heterocycles. The van der Waals surface area contributed by atoms with Crippen LogP contribution in [0.1, 0.15) is 33.1 Å². The fraction of sp³-hybridized carbons (Fsp3) is 0.529. The molecule has 2 rings (SSSR count). The van der Waals surface area contributed by atoms with E-state index in [1.807, 2.05) is 18.2 Å². The second-order valence-corrected chi connectivity index (χ2v) is 6.27. The fourth-order valence-electron chi connectivity index (χ4n) is 2.35. The van der Waals surface area contributed by atoms with Crippen molar-refractivity contribution in [2.75, 3.05) is 19.7 Å². The van der Waals surface area contributed by atoms with Gasteiger partial charge in [0.25, 0.3) is 5.89 Å². The van der Waals surface area contributed by atoms with Gasteiger partial charge in [0.1, 0.15) is 18.2 Å². The van der Waals surface area contributed by atoms with E-state index < -0.39 is 6.10 Å². The minimum absolute atomic E-state index is 0.0210. The third-order valence-corrected chi connectivity index (χ3v) is 3.80. The Bertz CT molecular complexity index is 639. The topological polar surface area (TPSA) is 71.1 Å². The van der Waals surface area contributed by atoms with Gasteiger partial charge in [0.2, 0.25) is 5.17 Å². The summed E-state index contributed by atoms with van der Waals surface area (Å²) in [6, 6.07) is 7.71. The molecule has 0 bridgehead atoms. The monoisotopic (exact) mass is 353 g/mol.